The van der Waals surface area contributed by atoms with Gasteiger partial charge in [-0.05, 0) is 72.0 Å². The zero-order valence-electron chi connectivity index (χ0n) is 26.9. The molecular weight excluding hydrogens is 585 g/mol. The van der Waals surface area contributed by atoms with Crippen LogP contribution < -0.4 is 0 Å². The molecule has 0 amide bonds. The lowest BCUT2D eigenvalue weighted by molar-refractivity contribution is 0.607. The van der Waals surface area contributed by atoms with Crippen LogP contribution in [0.25, 0.3) is 82.5 Å². The van der Waals surface area contributed by atoms with Gasteiger partial charge < -0.3 is 13.6 Å². The number of fused-ring (bicyclic) bond motifs is 14. The molecule has 0 N–H and O–H groups in total. The number of nitrogens with zero attached hydrogens (tertiary/aromatic N) is 2. The Morgan fingerprint density at radius 2 is 1.25 bits per heavy atom. The van der Waals surface area contributed by atoms with Gasteiger partial charge >= 0.3 is 0 Å². The fourth-order valence-corrected chi connectivity index (χ4v) is 9.15. The fourth-order valence-electron chi connectivity index (χ4n) is 9.15. The van der Waals surface area contributed by atoms with Crippen LogP contribution in [-0.2, 0) is 5.41 Å². The average Bonchev–Trinajstić information content (AvgIpc) is 3.84. The molecule has 2 aliphatic carbocycles. The summed E-state index contributed by atoms with van der Waals surface area (Å²) in [6.45, 7) is 4.82. The van der Waals surface area contributed by atoms with Crippen LogP contribution >= 0.6 is 0 Å². The first-order chi connectivity index (χ1) is 23.6. The zero-order valence-corrected chi connectivity index (χ0v) is 26.9. The SMILES string of the molecule is CC1(C)C2=C(C=CCC2)c2ccc(-n3c4ccccc4c4c5c6ccccc6n(-c6ccccc6)c5c5oc6ccccc6c5c43)cc21. The molecule has 228 valence electrons. The van der Waals surface area contributed by atoms with Gasteiger partial charge in [0.25, 0.3) is 0 Å². The minimum Gasteiger partial charge on any atom is -0.454 e. The van der Waals surface area contributed by atoms with Crippen molar-refractivity contribution in [2.45, 2.75) is 32.1 Å². The Morgan fingerprint density at radius 1 is 0.604 bits per heavy atom. The topological polar surface area (TPSA) is 23.0 Å². The highest BCUT2D eigenvalue weighted by Gasteiger charge is 2.38. The molecule has 0 saturated carbocycles. The maximum absolute atomic E-state index is 6.98. The summed E-state index contributed by atoms with van der Waals surface area (Å²) in [6, 6.07) is 44.2. The zero-order chi connectivity index (χ0) is 31.7. The summed E-state index contributed by atoms with van der Waals surface area (Å²) < 4.78 is 11.9. The first-order valence-electron chi connectivity index (χ1n) is 17.0. The van der Waals surface area contributed by atoms with E-state index in [4.69, 9.17) is 4.42 Å². The summed E-state index contributed by atoms with van der Waals surface area (Å²) >= 11 is 0. The lowest BCUT2D eigenvalue weighted by atomic mass is 9.78. The molecule has 11 rings (SSSR count). The second-order valence-corrected chi connectivity index (χ2v) is 14.0. The number of aromatic nitrogens is 2. The quantitative estimate of drug-likeness (QED) is 0.189. The molecule has 0 atom stereocenters. The maximum Gasteiger partial charge on any atom is 0.162 e. The molecule has 0 aliphatic heterocycles. The smallest absolute Gasteiger partial charge is 0.162 e. The van der Waals surface area contributed by atoms with E-state index in [1.54, 1.807) is 5.57 Å². The Kier molecular flexibility index (Phi) is 5.02. The summed E-state index contributed by atoms with van der Waals surface area (Å²) in [4.78, 5) is 0. The van der Waals surface area contributed by atoms with E-state index in [1.807, 2.05) is 0 Å². The number of benzene rings is 6. The minimum atomic E-state index is -0.0156. The normalized spacial score (nSPS) is 15.5. The van der Waals surface area contributed by atoms with E-state index in [0.717, 1.165) is 46.0 Å². The van der Waals surface area contributed by atoms with Crippen LogP contribution in [0, 0.1) is 0 Å². The van der Waals surface area contributed by atoms with E-state index >= 15 is 0 Å². The number of para-hydroxylation sites is 4. The molecule has 2 aliphatic rings. The number of rotatable bonds is 2. The molecular formula is C45H32N2O. The standard InChI is InChI=1S/C45H32N2O/c1-45(2)34-20-10-6-16-29(34)30-25-24-28(26-35(30)45)47-37-22-12-7-17-31(37)39-40-32-18-8-11-21-36(32)46(27-14-4-3-5-15-27)43(40)44-41(42(39)47)33-19-9-13-23-38(33)48-44/h3-9,11-19,21-26H,10,20H2,1-2H3. The van der Waals surface area contributed by atoms with Crippen molar-refractivity contribution in [1.29, 1.82) is 0 Å². The van der Waals surface area contributed by atoms with Crippen molar-refractivity contribution in [3.8, 4) is 11.4 Å². The summed E-state index contributed by atoms with van der Waals surface area (Å²) in [5, 5.41) is 7.27. The Balaban J connectivity index is 1.38. The van der Waals surface area contributed by atoms with Crippen molar-refractivity contribution in [3.05, 3.63) is 150 Å². The maximum atomic E-state index is 6.98. The van der Waals surface area contributed by atoms with Crippen LogP contribution in [0.15, 0.2) is 143 Å². The predicted octanol–water partition coefficient (Wildman–Crippen LogP) is 12.2. The lowest BCUT2D eigenvalue weighted by Crippen LogP contribution is -2.18. The van der Waals surface area contributed by atoms with E-state index in [0.29, 0.717) is 0 Å². The first-order valence-corrected chi connectivity index (χ1v) is 17.0. The highest BCUT2D eigenvalue weighted by atomic mass is 16.3. The minimum absolute atomic E-state index is 0.0156. The third-order valence-corrected chi connectivity index (χ3v) is 11.2. The van der Waals surface area contributed by atoms with E-state index in [-0.39, 0.29) is 5.41 Å². The largest absolute Gasteiger partial charge is 0.454 e. The lowest BCUT2D eigenvalue weighted by Gasteiger charge is -2.26. The second-order valence-electron chi connectivity index (χ2n) is 14.0. The van der Waals surface area contributed by atoms with Gasteiger partial charge in [0.05, 0.1) is 27.5 Å². The van der Waals surface area contributed by atoms with Crippen molar-refractivity contribution < 1.29 is 4.42 Å². The molecule has 0 spiro atoms. The van der Waals surface area contributed by atoms with E-state index in [2.05, 4.69) is 156 Å². The van der Waals surface area contributed by atoms with Crippen LogP contribution in [0.1, 0.15) is 37.8 Å². The molecule has 0 bridgehead atoms. The Hall–Kier alpha value is -5.80. The van der Waals surface area contributed by atoms with Gasteiger partial charge in [0.15, 0.2) is 5.58 Å². The van der Waals surface area contributed by atoms with Crippen LogP contribution in [0.3, 0.4) is 0 Å². The van der Waals surface area contributed by atoms with Gasteiger partial charge in [0, 0.05) is 43.7 Å². The van der Waals surface area contributed by atoms with Gasteiger partial charge in [0.1, 0.15) is 5.58 Å². The number of furan rings is 1. The van der Waals surface area contributed by atoms with Gasteiger partial charge in [-0.2, -0.15) is 0 Å². The monoisotopic (exact) mass is 616 g/mol. The van der Waals surface area contributed by atoms with Crippen LogP contribution in [0.4, 0.5) is 0 Å². The number of hydrogen-bond acceptors (Lipinski definition) is 1. The van der Waals surface area contributed by atoms with E-state index < -0.39 is 0 Å². The molecule has 48 heavy (non-hydrogen) atoms. The molecule has 0 radical (unpaired) electrons. The second kappa shape index (κ2) is 9.17. The third-order valence-electron chi connectivity index (χ3n) is 11.2. The number of hydrogen-bond donors (Lipinski definition) is 0. The molecule has 0 unspecified atom stereocenters. The Bertz CT molecular complexity index is 2910. The molecule has 9 aromatic rings. The fraction of sp³-hybridized carbons (Fsp3) is 0.111. The third kappa shape index (κ3) is 3.19. The van der Waals surface area contributed by atoms with Crippen LogP contribution in [0.2, 0.25) is 0 Å². The highest BCUT2D eigenvalue weighted by molar-refractivity contribution is 6.39. The van der Waals surface area contributed by atoms with E-state index in [9.17, 15) is 0 Å². The van der Waals surface area contributed by atoms with E-state index in [1.165, 1.54) is 60.5 Å². The first kappa shape index (κ1) is 26.3. The summed E-state index contributed by atoms with van der Waals surface area (Å²) in [7, 11) is 0. The van der Waals surface area contributed by atoms with Crippen molar-refractivity contribution >= 4 is 71.1 Å². The van der Waals surface area contributed by atoms with Crippen LogP contribution in [-0.4, -0.2) is 9.13 Å². The van der Waals surface area contributed by atoms with Gasteiger partial charge in [-0.3, -0.25) is 0 Å². The summed E-state index contributed by atoms with van der Waals surface area (Å²) in [6.07, 6.45) is 6.94. The van der Waals surface area contributed by atoms with Gasteiger partial charge in [0.2, 0.25) is 0 Å². The Labute approximate surface area is 277 Å². The molecule has 3 nitrogen and oxygen atoms in total. The Morgan fingerprint density at radius 3 is 2.02 bits per heavy atom. The summed E-state index contributed by atoms with van der Waals surface area (Å²) in [5.74, 6) is 0. The van der Waals surface area contributed by atoms with Crippen molar-refractivity contribution in [1.82, 2.24) is 9.13 Å². The molecule has 0 fully saturated rings. The van der Waals surface area contributed by atoms with Crippen LogP contribution in [0.5, 0.6) is 0 Å². The molecule has 0 saturated heterocycles. The average molecular weight is 617 g/mol. The molecule has 3 heterocycles. The highest BCUT2D eigenvalue weighted by Crippen LogP contribution is 2.52. The van der Waals surface area contributed by atoms with Gasteiger partial charge in [-0.1, -0.05) is 110 Å². The molecule has 3 heteroatoms. The van der Waals surface area contributed by atoms with Gasteiger partial charge in [-0.25, -0.2) is 0 Å². The van der Waals surface area contributed by atoms with Crippen molar-refractivity contribution in [3.63, 3.8) is 0 Å². The molecule has 3 aromatic heterocycles. The summed E-state index contributed by atoms with van der Waals surface area (Å²) in [5.41, 5.74) is 14.6. The van der Waals surface area contributed by atoms with Crippen molar-refractivity contribution in [2.75, 3.05) is 0 Å². The predicted molar refractivity (Wildman–Crippen MR) is 201 cm³/mol. The van der Waals surface area contributed by atoms with Gasteiger partial charge in [-0.15, -0.1) is 0 Å². The molecule has 6 aromatic carbocycles. The van der Waals surface area contributed by atoms with Crippen molar-refractivity contribution in [2.24, 2.45) is 0 Å². The number of allylic oxidation sites excluding steroid dienone is 4.